The van der Waals surface area contributed by atoms with Gasteiger partial charge in [-0.1, -0.05) is 12.2 Å². The molecule has 19 heavy (non-hydrogen) atoms. The quantitative estimate of drug-likeness (QED) is 0.818. The first-order chi connectivity index (χ1) is 8.99. The van der Waals surface area contributed by atoms with Crippen LogP contribution in [-0.2, 0) is 4.79 Å². The van der Waals surface area contributed by atoms with E-state index in [0.29, 0.717) is 4.99 Å². The molecule has 2 rings (SSSR count). The molecule has 0 atom stereocenters. The zero-order valence-electron chi connectivity index (χ0n) is 11.1. The molecule has 0 unspecified atom stereocenters. The molecule has 4 nitrogen and oxygen atoms in total. The van der Waals surface area contributed by atoms with Gasteiger partial charge in [0.05, 0.1) is 0 Å². The van der Waals surface area contributed by atoms with Gasteiger partial charge in [0.25, 0.3) is 0 Å². The average Bonchev–Trinajstić information content (AvgIpc) is 2.38. The van der Waals surface area contributed by atoms with Crippen molar-refractivity contribution >= 4 is 28.8 Å². The number of carbonyl (C=O) groups is 1. The molecule has 0 saturated carbocycles. The summed E-state index contributed by atoms with van der Waals surface area (Å²) in [7, 11) is 0. The molecule has 5 heteroatoms. The third-order valence-corrected chi connectivity index (χ3v) is 3.96. The van der Waals surface area contributed by atoms with Crippen LogP contribution in [0.1, 0.15) is 24.0 Å². The minimum absolute atomic E-state index is 0.0208. The highest BCUT2D eigenvalue weighted by Crippen LogP contribution is 2.26. The summed E-state index contributed by atoms with van der Waals surface area (Å²) in [4.78, 5) is 13.9. The summed E-state index contributed by atoms with van der Waals surface area (Å²) >= 11 is 4.98. The number of thiocarbonyl (C=S) groups is 1. The standard InChI is InChI=1S/C14H19N3OS/c1-9-8-11(14(16)19)2-3-12(9)17-6-4-10(5-7-17)13(15)18/h2-3,8,10H,4-7H2,1H3,(H2,15,18)(H2,16,19). The Kier molecular flexibility index (Phi) is 4.04. The summed E-state index contributed by atoms with van der Waals surface area (Å²) in [5.41, 5.74) is 14.2. The van der Waals surface area contributed by atoms with E-state index in [2.05, 4.69) is 17.9 Å². The number of benzene rings is 1. The van der Waals surface area contributed by atoms with Gasteiger partial charge < -0.3 is 16.4 Å². The number of piperidine rings is 1. The van der Waals surface area contributed by atoms with Gasteiger partial charge in [-0.3, -0.25) is 4.79 Å². The van der Waals surface area contributed by atoms with Crippen LogP contribution in [0.4, 0.5) is 5.69 Å². The van der Waals surface area contributed by atoms with E-state index in [1.54, 1.807) is 0 Å². The van der Waals surface area contributed by atoms with Crippen LogP contribution < -0.4 is 16.4 Å². The summed E-state index contributed by atoms with van der Waals surface area (Å²) in [6.07, 6.45) is 1.65. The molecule has 4 N–H and O–H groups in total. The van der Waals surface area contributed by atoms with Crippen molar-refractivity contribution in [1.82, 2.24) is 0 Å². The second-order valence-electron chi connectivity index (χ2n) is 5.03. The number of nitrogens with two attached hydrogens (primary N) is 2. The van der Waals surface area contributed by atoms with Crippen LogP contribution in [0.3, 0.4) is 0 Å². The molecule has 1 heterocycles. The van der Waals surface area contributed by atoms with E-state index < -0.39 is 0 Å². The number of hydrogen-bond acceptors (Lipinski definition) is 3. The highest BCUT2D eigenvalue weighted by molar-refractivity contribution is 7.80. The van der Waals surface area contributed by atoms with Gasteiger partial charge in [0.1, 0.15) is 4.99 Å². The van der Waals surface area contributed by atoms with Gasteiger partial charge in [0.15, 0.2) is 0 Å². The number of primary amides is 1. The van der Waals surface area contributed by atoms with E-state index in [0.717, 1.165) is 37.1 Å². The maximum atomic E-state index is 11.2. The highest BCUT2D eigenvalue weighted by Gasteiger charge is 2.23. The fraction of sp³-hybridized carbons (Fsp3) is 0.429. The molecular formula is C14H19N3OS. The van der Waals surface area contributed by atoms with E-state index in [1.165, 1.54) is 5.69 Å². The number of rotatable bonds is 3. The molecule has 102 valence electrons. The molecular weight excluding hydrogens is 258 g/mol. The molecule has 0 bridgehead atoms. The molecule has 1 aromatic carbocycles. The molecule has 0 aliphatic carbocycles. The highest BCUT2D eigenvalue weighted by atomic mass is 32.1. The third-order valence-electron chi connectivity index (χ3n) is 3.72. The van der Waals surface area contributed by atoms with Crippen LogP contribution in [0, 0.1) is 12.8 Å². The Labute approximate surface area is 118 Å². The van der Waals surface area contributed by atoms with Gasteiger partial charge in [-0.05, 0) is 43.5 Å². The monoisotopic (exact) mass is 277 g/mol. The van der Waals surface area contributed by atoms with E-state index in [-0.39, 0.29) is 11.8 Å². The first-order valence-electron chi connectivity index (χ1n) is 6.43. The second kappa shape index (κ2) is 5.57. The number of amides is 1. The van der Waals surface area contributed by atoms with Crippen LogP contribution in [-0.4, -0.2) is 24.0 Å². The number of aryl methyl sites for hydroxylation is 1. The van der Waals surface area contributed by atoms with E-state index >= 15 is 0 Å². The summed E-state index contributed by atoms with van der Waals surface area (Å²) in [5.74, 6) is -0.160. The van der Waals surface area contributed by atoms with Crippen LogP contribution in [0.5, 0.6) is 0 Å². The molecule has 1 aromatic rings. The van der Waals surface area contributed by atoms with Gasteiger partial charge in [0, 0.05) is 30.3 Å². The van der Waals surface area contributed by atoms with Crippen LogP contribution in [0.15, 0.2) is 18.2 Å². The van der Waals surface area contributed by atoms with Gasteiger partial charge in [-0.2, -0.15) is 0 Å². The Balaban J connectivity index is 2.11. The molecule has 1 aliphatic rings. The van der Waals surface area contributed by atoms with Gasteiger partial charge >= 0.3 is 0 Å². The number of anilines is 1. The number of nitrogens with zero attached hydrogens (tertiary/aromatic N) is 1. The Bertz CT molecular complexity index is 507. The van der Waals surface area contributed by atoms with E-state index in [9.17, 15) is 4.79 Å². The first-order valence-corrected chi connectivity index (χ1v) is 6.84. The zero-order valence-corrected chi connectivity index (χ0v) is 11.9. The molecule has 1 aliphatic heterocycles. The molecule has 0 spiro atoms. The Morgan fingerprint density at radius 2 is 1.95 bits per heavy atom. The zero-order chi connectivity index (χ0) is 14.0. The number of carbonyl (C=O) groups excluding carboxylic acids is 1. The lowest BCUT2D eigenvalue weighted by Gasteiger charge is -2.33. The molecule has 0 aromatic heterocycles. The molecule has 1 amide bonds. The predicted octanol–water partition coefficient (Wildman–Crippen LogP) is 1.33. The lowest BCUT2D eigenvalue weighted by molar-refractivity contribution is -0.122. The molecule has 0 radical (unpaired) electrons. The minimum Gasteiger partial charge on any atom is -0.389 e. The lowest BCUT2D eigenvalue weighted by atomic mass is 9.95. The van der Waals surface area contributed by atoms with Crippen LogP contribution in [0.25, 0.3) is 0 Å². The van der Waals surface area contributed by atoms with Crippen molar-refractivity contribution in [3.63, 3.8) is 0 Å². The second-order valence-corrected chi connectivity index (χ2v) is 5.47. The van der Waals surface area contributed by atoms with Gasteiger partial charge in [-0.25, -0.2) is 0 Å². The smallest absolute Gasteiger partial charge is 0.220 e. The summed E-state index contributed by atoms with van der Waals surface area (Å²) < 4.78 is 0. The third kappa shape index (κ3) is 3.04. The first kappa shape index (κ1) is 13.8. The Morgan fingerprint density at radius 1 is 1.32 bits per heavy atom. The Hall–Kier alpha value is -1.62. The van der Waals surface area contributed by atoms with Crippen molar-refractivity contribution in [2.45, 2.75) is 19.8 Å². The van der Waals surface area contributed by atoms with E-state index in [1.807, 2.05) is 12.1 Å². The average molecular weight is 277 g/mol. The summed E-state index contributed by atoms with van der Waals surface area (Å²) in [6, 6.07) is 6.01. The summed E-state index contributed by atoms with van der Waals surface area (Å²) in [5, 5.41) is 0. The minimum atomic E-state index is -0.180. The largest absolute Gasteiger partial charge is 0.389 e. The topological polar surface area (TPSA) is 72.3 Å². The van der Waals surface area contributed by atoms with Gasteiger partial charge in [-0.15, -0.1) is 0 Å². The maximum absolute atomic E-state index is 11.2. The lowest BCUT2D eigenvalue weighted by Crippen LogP contribution is -2.38. The maximum Gasteiger partial charge on any atom is 0.220 e. The van der Waals surface area contributed by atoms with Crippen LogP contribution in [0.2, 0.25) is 0 Å². The van der Waals surface area contributed by atoms with Crippen molar-refractivity contribution in [1.29, 1.82) is 0 Å². The van der Waals surface area contributed by atoms with E-state index in [4.69, 9.17) is 23.7 Å². The summed E-state index contributed by atoms with van der Waals surface area (Å²) in [6.45, 7) is 3.78. The fourth-order valence-electron chi connectivity index (χ4n) is 2.57. The predicted molar refractivity (Wildman–Crippen MR) is 81.2 cm³/mol. The SMILES string of the molecule is Cc1cc(C(N)=S)ccc1N1CCC(C(N)=O)CC1. The van der Waals surface area contributed by atoms with Crippen molar-refractivity contribution in [2.24, 2.45) is 17.4 Å². The van der Waals surface area contributed by atoms with Crippen molar-refractivity contribution in [3.05, 3.63) is 29.3 Å². The van der Waals surface area contributed by atoms with Crippen molar-refractivity contribution < 1.29 is 4.79 Å². The normalized spacial score (nSPS) is 16.4. The Morgan fingerprint density at radius 3 is 2.42 bits per heavy atom. The van der Waals surface area contributed by atoms with Crippen LogP contribution >= 0.6 is 12.2 Å². The van der Waals surface area contributed by atoms with Crippen molar-refractivity contribution in [2.75, 3.05) is 18.0 Å². The fourth-order valence-corrected chi connectivity index (χ4v) is 2.70. The molecule has 1 saturated heterocycles. The molecule has 1 fully saturated rings. The number of hydrogen-bond donors (Lipinski definition) is 2. The van der Waals surface area contributed by atoms with Crippen molar-refractivity contribution in [3.8, 4) is 0 Å². The van der Waals surface area contributed by atoms with Gasteiger partial charge in [0.2, 0.25) is 5.91 Å².